The van der Waals surface area contributed by atoms with Gasteiger partial charge in [-0.1, -0.05) is 39.5 Å². The molecule has 0 aliphatic heterocycles. The first kappa shape index (κ1) is 16.0. The molecule has 0 saturated heterocycles. The Morgan fingerprint density at radius 3 is 2.74 bits per heavy atom. The van der Waals surface area contributed by atoms with Crippen LogP contribution in [0.4, 0.5) is 0 Å². The van der Waals surface area contributed by atoms with Crippen LogP contribution in [-0.4, -0.2) is 28.1 Å². The number of aryl methyl sites for hydroxylation is 1. The first-order chi connectivity index (χ1) is 9.22. The van der Waals surface area contributed by atoms with E-state index in [1.165, 1.54) is 25.7 Å². The molecule has 19 heavy (non-hydrogen) atoms. The first-order valence-corrected chi connectivity index (χ1v) is 7.53. The van der Waals surface area contributed by atoms with Crippen molar-refractivity contribution in [1.29, 1.82) is 0 Å². The molecule has 1 aromatic rings. The second-order valence-corrected chi connectivity index (χ2v) is 5.06. The molecule has 0 bridgehead atoms. The smallest absolute Gasteiger partial charge is 0.160 e. The monoisotopic (exact) mass is 268 g/mol. The Morgan fingerprint density at radius 2 is 2.11 bits per heavy atom. The summed E-state index contributed by atoms with van der Waals surface area (Å²) in [5, 5.41) is 13.5. The van der Waals surface area contributed by atoms with Crippen LogP contribution in [0.25, 0.3) is 0 Å². The number of unbranched alkanes of at least 4 members (excludes halogenated alkanes) is 3. The van der Waals surface area contributed by atoms with Gasteiger partial charge < -0.3 is 9.84 Å². The molecule has 4 nitrogen and oxygen atoms in total. The lowest BCUT2D eigenvalue weighted by Gasteiger charge is -2.11. The van der Waals surface area contributed by atoms with Crippen LogP contribution in [0.2, 0.25) is 0 Å². The third kappa shape index (κ3) is 5.23. The SMILES string of the molecule is CCCCCCC(C)c1nn(CC)cc1OCCO. The van der Waals surface area contributed by atoms with Crippen molar-refractivity contribution >= 4 is 0 Å². The van der Waals surface area contributed by atoms with Crippen LogP contribution in [0, 0.1) is 0 Å². The van der Waals surface area contributed by atoms with E-state index in [0.29, 0.717) is 12.5 Å². The number of nitrogens with zero attached hydrogens (tertiary/aromatic N) is 2. The van der Waals surface area contributed by atoms with Crippen molar-refractivity contribution in [3.05, 3.63) is 11.9 Å². The van der Waals surface area contributed by atoms with Gasteiger partial charge in [0, 0.05) is 12.5 Å². The predicted octanol–water partition coefficient (Wildman–Crippen LogP) is 3.35. The van der Waals surface area contributed by atoms with E-state index in [4.69, 9.17) is 9.84 Å². The van der Waals surface area contributed by atoms with E-state index >= 15 is 0 Å². The van der Waals surface area contributed by atoms with E-state index < -0.39 is 0 Å². The molecule has 0 amide bonds. The number of rotatable bonds is 10. The average Bonchev–Trinajstić information content (AvgIpc) is 2.84. The lowest BCUT2D eigenvalue weighted by Crippen LogP contribution is -2.04. The van der Waals surface area contributed by atoms with Gasteiger partial charge in [-0.2, -0.15) is 5.10 Å². The zero-order valence-corrected chi connectivity index (χ0v) is 12.6. The number of aromatic nitrogens is 2. The van der Waals surface area contributed by atoms with E-state index in [0.717, 1.165) is 24.4 Å². The molecular formula is C15H28N2O2. The lowest BCUT2D eigenvalue weighted by molar-refractivity contribution is 0.199. The van der Waals surface area contributed by atoms with Gasteiger partial charge in [0.1, 0.15) is 12.3 Å². The quantitative estimate of drug-likeness (QED) is 0.662. The van der Waals surface area contributed by atoms with Crippen LogP contribution in [0.5, 0.6) is 5.75 Å². The molecule has 0 fully saturated rings. The van der Waals surface area contributed by atoms with E-state index in [1.807, 2.05) is 10.9 Å². The molecule has 0 saturated carbocycles. The highest BCUT2D eigenvalue weighted by molar-refractivity contribution is 5.27. The number of aliphatic hydroxyl groups is 1. The summed E-state index contributed by atoms with van der Waals surface area (Å²) in [7, 11) is 0. The maximum atomic E-state index is 8.87. The highest BCUT2D eigenvalue weighted by Gasteiger charge is 2.16. The van der Waals surface area contributed by atoms with Gasteiger partial charge in [0.15, 0.2) is 5.75 Å². The van der Waals surface area contributed by atoms with Gasteiger partial charge >= 0.3 is 0 Å². The summed E-state index contributed by atoms with van der Waals surface area (Å²) in [6.07, 6.45) is 8.20. The Kier molecular flexibility index (Phi) is 7.56. The van der Waals surface area contributed by atoms with Crippen molar-refractivity contribution < 1.29 is 9.84 Å². The number of aliphatic hydroxyl groups excluding tert-OH is 1. The predicted molar refractivity (Wildman–Crippen MR) is 77.7 cm³/mol. The summed E-state index contributed by atoms with van der Waals surface area (Å²) in [6, 6.07) is 0. The molecule has 1 aromatic heterocycles. The molecule has 1 heterocycles. The van der Waals surface area contributed by atoms with Gasteiger partial charge in [-0.15, -0.1) is 0 Å². The lowest BCUT2D eigenvalue weighted by atomic mass is 9.99. The fourth-order valence-corrected chi connectivity index (χ4v) is 2.20. The Morgan fingerprint density at radius 1 is 1.32 bits per heavy atom. The Hall–Kier alpha value is -1.03. The van der Waals surface area contributed by atoms with Gasteiger partial charge in [0.2, 0.25) is 0 Å². The standard InChI is InChI=1S/C15H28N2O2/c1-4-6-7-8-9-13(3)15-14(19-11-10-18)12-17(5-2)16-15/h12-13,18H,4-11H2,1-3H3. The van der Waals surface area contributed by atoms with Crippen molar-refractivity contribution in [3.8, 4) is 5.75 Å². The van der Waals surface area contributed by atoms with Gasteiger partial charge in [0.05, 0.1) is 12.8 Å². The molecule has 0 radical (unpaired) electrons. The molecule has 0 spiro atoms. The minimum absolute atomic E-state index is 0.0433. The molecule has 0 aromatic carbocycles. The third-order valence-corrected chi connectivity index (χ3v) is 3.39. The van der Waals surface area contributed by atoms with Crippen molar-refractivity contribution in [2.45, 2.75) is 65.3 Å². The largest absolute Gasteiger partial charge is 0.488 e. The van der Waals surface area contributed by atoms with Crippen LogP contribution < -0.4 is 4.74 Å². The summed E-state index contributed by atoms with van der Waals surface area (Å²) in [6.45, 7) is 7.73. The number of ether oxygens (including phenoxy) is 1. The summed E-state index contributed by atoms with van der Waals surface area (Å²) < 4.78 is 7.49. The molecule has 4 heteroatoms. The molecule has 1 rings (SSSR count). The van der Waals surface area contributed by atoms with Crippen LogP contribution in [0.15, 0.2) is 6.20 Å². The van der Waals surface area contributed by atoms with Crippen LogP contribution in [0.3, 0.4) is 0 Å². The average molecular weight is 268 g/mol. The second-order valence-electron chi connectivity index (χ2n) is 5.06. The fourth-order valence-electron chi connectivity index (χ4n) is 2.20. The normalized spacial score (nSPS) is 12.6. The third-order valence-electron chi connectivity index (χ3n) is 3.39. The first-order valence-electron chi connectivity index (χ1n) is 7.53. The molecule has 1 atom stereocenters. The van der Waals surface area contributed by atoms with E-state index in [1.54, 1.807) is 0 Å². The highest BCUT2D eigenvalue weighted by atomic mass is 16.5. The van der Waals surface area contributed by atoms with Gasteiger partial charge in [-0.3, -0.25) is 4.68 Å². The Labute approximate surface area is 116 Å². The van der Waals surface area contributed by atoms with Crippen molar-refractivity contribution in [3.63, 3.8) is 0 Å². The van der Waals surface area contributed by atoms with Crippen LogP contribution >= 0.6 is 0 Å². The van der Waals surface area contributed by atoms with Crippen molar-refractivity contribution in [2.24, 2.45) is 0 Å². The molecular weight excluding hydrogens is 240 g/mol. The fraction of sp³-hybridized carbons (Fsp3) is 0.800. The van der Waals surface area contributed by atoms with E-state index in [9.17, 15) is 0 Å². The summed E-state index contributed by atoms with van der Waals surface area (Å²) >= 11 is 0. The van der Waals surface area contributed by atoms with E-state index in [-0.39, 0.29) is 6.61 Å². The molecule has 0 aliphatic carbocycles. The summed E-state index contributed by atoms with van der Waals surface area (Å²) in [4.78, 5) is 0. The second kappa shape index (κ2) is 8.97. The van der Waals surface area contributed by atoms with Gasteiger partial charge in [-0.25, -0.2) is 0 Å². The molecule has 0 aliphatic rings. The maximum absolute atomic E-state index is 8.87. The van der Waals surface area contributed by atoms with Gasteiger partial charge in [0.25, 0.3) is 0 Å². The zero-order chi connectivity index (χ0) is 14.1. The van der Waals surface area contributed by atoms with Crippen molar-refractivity contribution in [1.82, 2.24) is 9.78 Å². The molecule has 1 N–H and O–H groups in total. The highest BCUT2D eigenvalue weighted by Crippen LogP contribution is 2.29. The Balaban J connectivity index is 2.59. The Bertz CT molecular complexity index is 350. The van der Waals surface area contributed by atoms with Crippen LogP contribution in [0.1, 0.15) is 64.5 Å². The number of hydrogen-bond acceptors (Lipinski definition) is 3. The zero-order valence-electron chi connectivity index (χ0n) is 12.6. The van der Waals surface area contributed by atoms with E-state index in [2.05, 4.69) is 25.9 Å². The molecule has 1 unspecified atom stereocenters. The minimum Gasteiger partial charge on any atom is -0.488 e. The van der Waals surface area contributed by atoms with Crippen molar-refractivity contribution in [2.75, 3.05) is 13.2 Å². The van der Waals surface area contributed by atoms with Crippen LogP contribution in [-0.2, 0) is 6.54 Å². The topological polar surface area (TPSA) is 47.3 Å². The summed E-state index contributed by atoms with van der Waals surface area (Å²) in [5.41, 5.74) is 1.03. The maximum Gasteiger partial charge on any atom is 0.160 e. The summed E-state index contributed by atoms with van der Waals surface area (Å²) in [5.74, 6) is 1.25. The van der Waals surface area contributed by atoms with Gasteiger partial charge in [-0.05, 0) is 13.3 Å². The minimum atomic E-state index is 0.0433. The molecule has 110 valence electrons. The number of hydrogen-bond donors (Lipinski definition) is 1.